The van der Waals surface area contributed by atoms with Crippen LogP contribution >= 0.6 is 12.2 Å². The highest BCUT2D eigenvalue weighted by atomic mass is 32.1. The van der Waals surface area contributed by atoms with Crippen molar-refractivity contribution in [3.05, 3.63) is 66.2 Å². The second kappa shape index (κ2) is 5.93. The zero-order valence-corrected chi connectivity index (χ0v) is 10.3. The van der Waals surface area contributed by atoms with Gasteiger partial charge < -0.3 is 5.32 Å². The van der Waals surface area contributed by atoms with E-state index in [0.717, 1.165) is 5.69 Å². The first-order valence-corrected chi connectivity index (χ1v) is 5.80. The van der Waals surface area contributed by atoms with Gasteiger partial charge in [0, 0.05) is 11.3 Å². The Labute approximate surface area is 111 Å². The largest absolute Gasteiger partial charge is 0.332 e. The molecule has 2 aromatic carbocycles. The maximum Gasteiger partial charge on any atom is 0.257 e. The Hall–Kier alpha value is -2.20. The fraction of sp³-hybridized carbons (Fsp3) is 0. The molecule has 0 aliphatic heterocycles. The number of amides is 1. The van der Waals surface area contributed by atoms with E-state index in [2.05, 4.69) is 16.7 Å². The number of nitrogens with one attached hydrogen (secondary N) is 2. The van der Waals surface area contributed by atoms with Crippen LogP contribution in [0, 0.1) is 6.07 Å². The fourth-order valence-corrected chi connectivity index (χ4v) is 1.61. The molecule has 2 aromatic rings. The molecular weight excluding hydrogens is 244 g/mol. The number of carbonyl (C=O) groups excluding carboxylic acids is 1. The third-order valence-corrected chi connectivity index (χ3v) is 2.43. The monoisotopic (exact) mass is 255 g/mol. The highest BCUT2D eigenvalue weighted by molar-refractivity contribution is 7.80. The van der Waals surface area contributed by atoms with Gasteiger partial charge in [-0.25, -0.2) is 0 Å². The molecule has 0 unspecified atom stereocenters. The van der Waals surface area contributed by atoms with Crippen LogP contribution in [0.1, 0.15) is 10.4 Å². The van der Waals surface area contributed by atoms with E-state index >= 15 is 0 Å². The highest BCUT2D eigenvalue weighted by Gasteiger charge is 2.06. The molecule has 3 nitrogen and oxygen atoms in total. The predicted octanol–water partition coefficient (Wildman–Crippen LogP) is 2.61. The summed E-state index contributed by atoms with van der Waals surface area (Å²) in [5.41, 5.74) is 1.36. The Morgan fingerprint density at radius 2 is 1.89 bits per heavy atom. The number of benzene rings is 2. The van der Waals surface area contributed by atoms with Crippen LogP contribution < -0.4 is 10.6 Å². The van der Waals surface area contributed by atoms with Crippen molar-refractivity contribution in [2.75, 3.05) is 5.32 Å². The lowest BCUT2D eigenvalue weighted by Gasteiger charge is -2.09. The van der Waals surface area contributed by atoms with Crippen LogP contribution in [-0.2, 0) is 0 Å². The van der Waals surface area contributed by atoms with Gasteiger partial charge >= 0.3 is 0 Å². The van der Waals surface area contributed by atoms with Gasteiger partial charge in [-0.2, -0.15) is 0 Å². The molecule has 18 heavy (non-hydrogen) atoms. The number of hydrogen-bond acceptors (Lipinski definition) is 2. The van der Waals surface area contributed by atoms with Gasteiger partial charge in [-0.05, 0) is 42.5 Å². The van der Waals surface area contributed by atoms with Crippen molar-refractivity contribution >= 4 is 28.9 Å². The molecule has 0 bridgehead atoms. The van der Waals surface area contributed by atoms with Gasteiger partial charge in [0.1, 0.15) is 0 Å². The Morgan fingerprint density at radius 3 is 2.56 bits per heavy atom. The van der Waals surface area contributed by atoms with Crippen LogP contribution in [-0.4, -0.2) is 11.0 Å². The standard InChI is InChI=1S/C14H11N2OS/c17-13(11-7-3-1-4-8-11)16-14(18)15-12-9-5-2-6-10-12/h1-5,7-10H,(H2,15,16,17,18). The minimum Gasteiger partial charge on any atom is -0.332 e. The number of thiocarbonyl (C=S) groups is 1. The SMILES string of the molecule is O=C(NC(=S)Nc1c[c]ccc1)c1ccccc1. The van der Waals surface area contributed by atoms with Crippen molar-refractivity contribution in [1.29, 1.82) is 0 Å². The molecule has 0 fully saturated rings. The van der Waals surface area contributed by atoms with E-state index < -0.39 is 0 Å². The van der Waals surface area contributed by atoms with Gasteiger partial charge in [-0.3, -0.25) is 10.1 Å². The lowest BCUT2D eigenvalue weighted by molar-refractivity contribution is 0.0978. The fourth-order valence-electron chi connectivity index (χ4n) is 1.40. The van der Waals surface area contributed by atoms with Crippen LogP contribution in [0.15, 0.2) is 54.6 Å². The minimum atomic E-state index is -0.229. The van der Waals surface area contributed by atoms with E-state index in [1.54, 1.807) is 36.4 Å². The Kier molecular flexibility index (Phi) is 4.04. The maximum absolute atomic E-state index is 11.8. The summed E-state index contributed by atoms with van der Waals surface area (Å²) >= 11 is 5.06. The van der Waals surface area contributed by atoms with Crippen molar-refractivity contribution in [2.45, 2.75) is 0 Å². The van der Waals surface area contributed by atoms with Crippen LogP contribution in [0.25, 0.3) is 0 Å². The molecular formula is C14H11N2OS. The molecule has 0 aliphatic carbocycles. The summed E-state index contributed by atoms with van der Waals surface area (Å²) in [6.07, 6.45) is 0. The summed E-state index contributed by atoms with van der Waals surface area (Å²) in [6.45, 7) is 0. The van der Waals surface area contributed by atoms with E-state index in [4.69, 9.17) is 12.2 Å². The molecule has 0 atom stereocenters. The molecule has 1 amide bonds. The first-order chi connectivity index (χ1) is 8.75. The van der Waals surface area contributed by atoms with E-state index in [1.165, 1.54) is 0 Å². The molecule has 0 aliphatic rings. The Bertz CT molecular complexity index is 540. The molecule has 4 heteroatoms. The zero-order chi connectivity index (χ0) is 12.8. The molecule has 2 N–H and O–H groups in total. The summed E-state index contributed by atoms with van der Waals surface area (Å²) in [5, 5.41) is 5.79. The minimum absolute atomic E-state index is 0.229. The Morgan fingerprint density at radius 1 is 1.11 bits per heavy atom. The van der Waals surface area contributed by atoms with E-state index in [1.807, 2.05) is 18.2 Å². The maximum atomic E-state index is 11.8. The quantitative estimate of drug-likeness (QED) is 0.810. The van der Waals surface area contributed by atoms with Gasteiger partial charge in [0.15, 0.2) is 5.11 Å². The van der Waals surface area contributed by atoms with Crippen molar-refractivity contribution < 1.29 is 4.79 Å². The third kappa shape index (κ3) is 3.40. The zero-order valence-electron chi connectivity index (χ0n) is 9.51. The second-order valence-corrected chi connectivity index (χ2v) is 3.97. The predicted molar refractivity (Wildman–Crippen MR) is 75.4 cm³/mol. The number of anilines is 1. The van der Waals surface area contributed by atoms with Crippen LogP contribution in [0.4, 0.5) is 5.69 Å². The number of hydrogen-bond donors (Lipinski definition) is 2. The summed E-state index contributed by atoms with van der Waals surface area (Å²) in [5.74, 6) is -0.229. The molecule has 0 saturated carbocycles. The summed E-state index contributed by atoms with van der Waals surface area (Å²) in [7, 11) is 0. The van der Waals surface area contributed by atoms with Gasteiger partial charge in [0.05, 0.1) is 0 Å². The second-order valence-electron chi connectivity index (χ2n) is 3.57. The van der Waals surface area contributed by atoms with E-state index in [9.17, 15) is 4.79 Å². The number of carbonyl (C=O) groups is 1. The molecule has 2 rings (SSSR count). The first kappa shape index (κ1) is 12.3. The third-order valence-electron chi connectivity index (χ3n) is 2.23. The van der Waals surface area contributed by atoms with Gasteiger partial charge in [0.25, 0.3) is 5.91 Å². The molecule has 89 valence electrons. The van der Waals surface area contributed by atoms with Crippen LogP contribution in [0.3, 0.4) is 0 Å². The summed E-state index contributed by atoms with van der Waals surface area (Å²) in [6, 6.07) is 19.1. The van der Waals surface area contributed by atoms with Crippen molar-refractivity contribution in [1.82, 2.24) is 5.32 Å². The van der Waals surface area contributed by atoms with Crippen molar-refractivity contribution in [3.63, 3.8) is 0 Å². The average Bonchev–Trinajstić information content (AvgIpc) is 2.40. The molecule has 0 spiro atoms. The average molecular weight is 255 g/mol. The van der Waals surface area contributed by atoms with Gasteiger partial charge in [-0.1, -0.05) is 30.3 Å². The van der Waals surface area contributed by atoms with Gasteiger partial charge in [0.2, 0.25) is 0 Å². The Balaban J connectivity index is 1.94. The molecule has 0 aromatic heterocycles. The topological polar surface area (TPSA) is 41.1 Å². The van der Waals surface area contributed by atoms with E-state index in [0.29, 0.717) is 5.56 Å². The smallest absolute Gasteiger partial charge is 0.257 e. The summed E-state index contributed by atoms with van der Waals surface area (Å²) in [4.78, 5) is 11.8. The van der Waals surface area contributed by atoms with E-state index in [-0.39, 0.29) is 11.0 Å². The van der Waals surface area contributed by atoms with Crippen molar-refractivity contribution in [3.8, 4) is 0 Å². The molecule has 0 heterocycles. The highest BCUT2D eigenvalue weighted by Crippen LogP contribution is 2.04. The normalized spacial score (nSPS) is 9.56. The molecule has 1 radical (unpaired) electrons. The number of rotatable bonds is 2. The summed E-state index contributed by atoms with van der Waals surface area (Å²) < 4.78 is 0. The van der Waals surface area contributed by atoms with Crippen LogP contribution in [0.5, 0.6) is 0 Å². The molecule has 0 saturated heterocycles. The first-order valence-electron chi connectivity index (χ1n) is 5.39. The van der Waals surface area contributed by atoms with Gasteiger partial charge in [-0.15, -0.1) is 0 Å². The lowest BCUT2D eigenvalue weighted by atomic mass is 10.2. The van der Waals surface area contributed by atoms with Crippen LogP contribution in [0.2, 0.25) is 0 Å². The van der Waals surface area contributed by atoms with Crippen molar-refractivity contribution in [2.24, 2.45) is 0 Å². The lowest BCUT2D eigenvalue weighted by Crippen LogP contribution is -2.34.